The number of carbonyl (C=O) groups excluding carboxylic acids is 2. The average Bonchev–Trinajstić information content (AvgIpc) is 2.76. The van der Waals surface area contributed by atoms with Gasteiger partial charge in [-0.25, -0.2) is 0 Å². The van der Waals surface area contributed by atoms with Gasteiger partial charge in [0, 0.05) is 36.3 Å². The van der Waals surface area contributed by atoms with Gasteiger partial charge in [0.15, 0.2) is 5.78 Å². The number of benzene rings is 2. The van der Waals surface area contributed by atoms with Crippen molar-refractivity contribution in [1.29, 1.82) is 5.41 Å². The minimum absolute atomic E-state index is 0.0474. The van der Waals surface area contributed by atoms with E-state index >= 15 is 0 Å². The Morgan fingerprint density at radius 3 is 2.60 bits per heavy atom. The highest BCUT2D eigenvalue weighted by atomic mass is 16.2. The number of hydrogen-bond acceptors (Lipinski definition) is 4. The van der Waals surface area contributed by atoms with E-state index in [0.29, 0.717) is 31.4 Å². The lowest BCUT2D eigenvalue weighted by Crippen LogP contribution is -2.35. The van der Waals surface area contributed by atoms with Crippen LogP contribution in [0.25, 0.3) is 0 Å². The number of nitrogens with zero attached hydrogens (tertiary/aromatic N) is 1. The topological polar surface area (TPSA) is 99.3 Å². The molecule has 1 amide bonds. The molecular formula is C24H30N4O2. The molecule has 158 valence electrons. The minimum atomic E-state index is 0.0474. The summed E-state index contributed by atoms with van der Waals surface area (Å²) >= 11 is 0. The zero-order chi connectivity index (χ0) is 21.5. The predicted octanol–water partition coefficient (Wildman–Crippen LogP) is 3.66. The highest BCUT2D eigenvalue weighted by Crippen LogP contribution is 2.30. The Bertz CT molecular complexity index is 921. The number of nitrogens with two attached hydrogens (primary N) is 1. The third kappa shape index (κ3) is 5.47. The third-order valence-electron chi connectivity index (χ3n) is 5.41. The first-order chi connectivity index (χ1) is 14.5. The highest BCUT2D eigenvalue weighted by Gasteiger charge is 2.22. The maximum atomic E-state index is 12.9. The fraction of sp³-hybridized carbons (Fsp3) is 0.375. The maximum Gasteiger partial charge on any atom is 0.227 e. The minimum Gasteiger partial charge on any atom is -0.384 e. The van der Waals surface area contributed by atoms with Crippen LogP contribution in [0.3, 0.4) is 0 Å². The van der Waals surface area contributed by atoms with E-state index in [1.807, 2.05) is 48.2 Å². The van der Waals surface area contributed by atoms with Crippen LogP contribution >= 0.6 is 0 Å². The maximum absolute atomic E-state index is 12.9. The number of aryl methyl sites for hydroxylation is 2. The summed E-state index contributed by atoms with van der Waals surface area (Å²) in [5.74, 6) is 0.375. The van der Waals surface area contributed by atoms with Crippen LogP contribution in [0.15, 0.2) is 42.5 Å². The first kappa shape index (κ1) is 21.6. The summed E-state index contributed by atoms with van der Waals surface area (Å²) in [6.07, 6.45) is 4.42. The normalized spacial score (nSPS) is 12.9. The molecule has 1 aliphatic rings. The standard InChI is InChI=1S/C24H30N4O2/c1-2-4-21(29)16-27-20-11-12-22-19(15-20)5-3-14-28(22)23(30)13-8-17-6-9-18(10-7-17)24(25)26/h6-7,9-12,15,27H,2-5,8,13-14,16H2,1H3,(H3,25,26). The summed E-state index contributed by atoms with van der Waals surface area (Å²) in [5.41, 5.74) is 10.3. The summed E-state index contributed by atoms with van der Waals surface area (Å²) in [6, 6.07) is 13.5. The van der Waals surface area contributed by atoms with E-state index in [-0.39, 0.29) is 17.5 Å². The van der Waals surface area contributed by atoms with Crippen molar-refractivity contribution in [3.63, 3.8) is 0 Å². The molecule has 2 aromatic carbocycles. The molecule has 3 rings (SSSR count). The van der Waals surface area contributed by atoms with Crippen molar-refractivity contribution < 1.29 is 9.59 Å². The van der Waals surface area contributed by atoms with Crippen molar-refractivity contribution in [1.82, 2.24) is 0 Å². The summed E-state index contributed by atoms with van der Waals surface area (Å²) in [4.78, 5) is 26.5. The van der Waals surface area contributed by atoms with Crippen molar-refractivity contribution in [2.45, 2.75) is 45.4 Å². The third-order valence-corrected chi connectivity index (χ3v) is 5.41. The van der Waals surface area contributed by atoms with Gasteiger partial charge in [-0.05, 0) is 55.0 Å². The molecule has 1 heterocycles. The summed E-state index contributed by atoms with van der Waals surface area (Å²) < 4.78 is 0. The van der Waals surface area contributed by atoms with Gasteiger partial charge in [0.2, 0.25) is 5.91 Å². The second kappa shape index (κ2) is 10.1. The number of fused-ring (bicyclic) bond motifs is 1. The van der Waals surface area contributed by atoms with Gasteiger partial charge >= 0.3 is 0 Å². The molecule has 0 saturated heterocycles. The lowest BCUT2D eigenvalue weighted by Gasteiger charge is -2.30. The van der Waals surface area contributed by atoms with Crippen LogP contribution in [0.2, 0.25) is 0 Å². The number of rotatable bonds is 9. The Kier molecular flexibility index (Phi) is 7.22. The molecule has 30 heavy (non-hydrogen) atoms. The lowest BCUT2D eigenvalue weighted by atomic mass is 9.99. The van der Waals surface area contributed by atoms with Gasteiger partial charge in [-0.3, -0.25) is 15.0 Å². The van der Waals surface area contributed by atoms with Gasteiger partial charge in [-0.2, -0.15) is 0 Å². The molecule has 0 fully saturated rings. The van der Waals surface area contributed by atoms with Gasteiger partial charge in [-0.1, -0.05) is 31.2 Å². The van der Waals surface area contributed by atoms with Gasteiger partial charge in [-0.15, -0.1) is 0 Å². The molecule has 0 unspecified atom stereocenters. The Hall–Kier alpha value is -3.15. The Balaban J connectivity index is 1.61. The first-order valence-electron chi connectivity index (χ1n) is 10.6. The smallest absolute Gasteiger partial charge is 0.227 e. The highest BCUT2D eigenvalue weighted by molar-refractivity contribution is 5.96. The van der Waals surface area contributed by atoms with E-state index < -0.39 is 0 Å². The van der Waals surface area contributed by atoms with E-state index in [1.54, 1.807) is 0 Å². The molecule has 0 aliphatic carbocycles. The number of ketones is 1. The Labute approximate surface area is 178 Å². The molecule has 2 aromatic rings. The summed E-state index contributed by atoms with van der Waals surface area (Å²) in [5, 5.41) is 10.7. The average molecular weight is 407 g/mol. The number of nitrogens with one attached hydrogen (secondary N) is 2. The van der Waals surface area contributed by atoms with Crippen molar-refractivity contribution in [3.05, 3.63) is 59.2 Å². The summed E-state index contributed by atoms with van der Waals surface area (Å²) in [7, 11) is 0. The second-order valence-corrected chi connectivity index (χ2v) is 7.75. The molecule has 1 aliphatic heterocycles. The van der Waals surface area contributed by atoms with E-state index in [9.17, 15) is 9.59 Å². The zero-order valence-corrected chi connectivity index (χ0v) is 17.5. The number of anilines is 2. The summed E-state index contributed by atoms with van der Waals surface area (Å²) in [6.45, 7) is 3.08. The lowest BCUT2D eigenvalue weighted by molar-refractivity contribution is -0.119. The van der Waals surface area contributed by atoms with Crippen LogP contribution < -0.4 is 16.0 Å². The molecular weight excluding hydrogens is 376 g/mol. The Morgan fingerprint density at radius 2 is 1.90 bits per heavy atom. The van der Waals surface area contributed by atoms with Gasteiger partial charge in [0.1, 0.15) is 5.84 Å². The largest absolute Gasteiger partial charge is 0.384 e. The van der Waals surface area contributed by atoms with Crippen LogP contribution in [0.4, 0.5) is 11.4 Å². The zero-order valence-electron chi connectivity index (χ0n) is 17.5. The number of hydrogen-bond donors (Lipinski definition) is 3. The predicted molar refractivity (Wildman–Crippen MR) is 121 cm³/mol. The molecule has 0 spiro atoms. The number of nitrogen functional groups attached to an aromatic ring is 1. The fourth-order valence-corrected chi connectivity index (χ4v) is 3.77. The van der Waals surface area contributed by atoms with Crippen LogP contribution in [-0.2, 0) is 22.4 Å². The molecule has 6 nitrogen and oxygen atoms in total. The number of amidine groups is 1. The molecule has 0 saturated carbocycles. The van der Waals surface area contributed by atoms with Gasteiger partial charge in [0.25, 0.3) is 0 Å². The number of amides is 1. The van der Waals surface area contributed by atoms with Crippen molar-refractivity contribution in [2.75, 3.05) is 23.3 Å². The van der Waals surface area contributed by atoms with Crippen LogP contribution in [0, 0.1) is 5.41 Å². The van der Waals surface area contributed by atoms with Crippen LogP contribution in [0.1, 0.15) is 49.3 Å². The van der Waals surface area contributed by atoms with Crippen LogP contribution in [0.5, 0.6) is 0 Å². The second-order valence-electron chi connectivity index (χ2n) is 7.75. The molecule has 0 radical (unpaired) electrons. The molecule has 0 atom stereocenters. The molecule has 0 aromatic heterocycles. The molecule has 0 bridgehead atoms. The monoisotopic (exact) mass is 406 g/mol. The van der Waals surface area contributed by atoms with E-state index in [2.05, 4.69) is 11.4 Å². The van der Waals surface area contributed by atoms with Crippen molar-refractivity contribution >= 4 is 28.9 Å². The van der Waals surface area contributed by atoms with E-state index in [4.69, 9.17) is 11.1 Å². The fourth-order valence-electron chi connectivity index (χ4n) is 3.77. The molecule has 4 N–H and O–H groups in total. The van der Waals surface area contributed by atoms with E-state index in [0.717, 1.165) is 48.3 Å². The van der Waals surface area contributed by atoms with Crippen molar-refractivity contribution in [3.8, 4) is 0 Å². The molecule has 6 heteroatoms. The van der Waals surface area contributed by atoms with E-state index in [1.165, 1.54) is 0 Å². The number of Topliss-reactive ketones (excluding diaryl/α,β-unsaturated/α-hetero) is 1. The van der Waals surface area contributed by atoms with Gasteiger partial charge < -0.3 is 16.0 Å². The number of carbonyl (C=O) groups is 2. The van der Waals surface area contributed by atoms with Crippen LogP contribution in [-0.4, -0.2) is 30.6 Å². The van der Waals surface area contributed by atoms with Gasteiger partial charge in [0.05, 0.1) is 6.54 Å². The quantitative estimate of drug-likeness (QED) is 0.437. The Morgan fingerprint density at radius 1 is 1.13 bits per heavy atom. The SMILES string of the molecule is CCCC(=O)CNc1ccc2c(c1)CCCN2C(=O)CCc1ccc(C(=N)N)cc1. The first-order valence-corrected chi connectivity index (χ1v) is 10.6. The van der Waals surface area contributed by atoms with Crippen molar-refractivity contribution in [2.24, 2.45) is 5.73 Å².